The van der Waals surface area contributed by atoms with Crippen LogP contribution in [-0.4, -0.2) is 34.3 Å². The summed E-state index contributed by atoms with van der Waals surface area (Å²) in [6.45, 7) is 6.08. The lowest BCUT2D eigenvalue weighted by atomic mass is 10.1. The summed E-state index contributed by atoms with van der Waals surface area (Å²) in [7, 11) is 0. The molecule has 136 valence electrons. The van der Waals surface area contributed by atoms with Crippen LogP contribution in [0.4, 0.5) is 0 Å². The van der Waals surface area contributed by atoms with Gasteiger partial charge in [-0.25, -0.2) is 4.68 Å². The molecule has 5 heteroatoms. The first kappa shape index (κ1) is 17.1. The minimum Gasteiger partial charge on any atom is -0.465 e. The van der Waals surface area contributed by atoms with E-state index in [-0.39, 0.29) is 0 Å². The third kappa shape index (κ3) is 3.89. The van der Waals surface area contributed by atoms with Gasteiger partial charge < -0.3 is 9.73 Å². The predicted molar refractivity (Wildman–Crippen MR) is 102 cm³/mol. The molecule has 26 heavy (non-hydrogen) atoms. The van der Waals surface area contributed by atoms with Gasteiger partial charge in [-0.15, -0.1) is 0 Å². The van der Waals surface area contributed by atoms with Crippen LogP contribution in [0.25, 0.3) is 5.69 Å². The summed E-state index contributed by atoms with van der Waals surface area (Å²) in [5.74, 6) is 2.06. The number of aromatic nitrogens is 2. The van der Waals surface area contributed by atoms with Crippen molar-refractivity contribution in [2.45, 2.75) is 32.4 Å². The molecule has 1 saturated heterocycles. The summed E-state index contributed by atoms with van der Waals surface area (Å²) in [5, 5.41) is 7.88. The number of furan rings is 1. The SMILES string of the molecule is Cc1ccc(C(CNCc2ccc(-n3cccn3)cc2)N2CCCC2)o1. The second-order valence-corrected chi connectivity index (χ2v) is 6.96. The van der Waals surface area contributed by atoms with E-state index in [1.54, 1.807) is 6.20 Å². The number of nitrogens with zero attached hydrogens (tertiary/aromatic N) is 3. The monoisotopic (exact) mass is 350 g/mol. The third-order valence-corrected chi connectivity index (χ3v) is 5.04. The van der Waals surface area contributed by atoms with Crippen LogP contribution in [0.2, 0.25) is 0 Å². The normalized spacial score (nSPS) is 16.2. The van der Waals surface area contributed by atoms with Crippen molar-refractivity contribution in [1.82, 2.24) is 20.0 Å². The van der Waals surface area contributed by atoms with E-state index in [0.29, 0.717) is 6.04 Å². The van der Waals surface area contributed by atoms with Crippen molar-refractivity contribution in [2.75, 3.05) is 19.6 Å². The zero-order chi connectivity index (χ0) is 17.8. The van der Waals surface area contributed by atoms with Gasteiger partial charge in [-0.1, -0.05) is 12.1 Å². The van der Waals surface area contributed by atoms with Crippen molar-refractivity contribution >= 4 is 0 Å². The Morgan fingerprint density at radius 3 is 2.58 bits per heavy atom. The minimum atomic E-state index is 0.314. The molecule has 0 spiro atoms. The largest absolute Gasteiger partial charge is 0.465 e. The molecule has 1 aromatic carbocycles. The van der Waals surface area contributed by atoms with Crippen LogP contribution in [0, 0.1) is 6.92 Å². The Bertz CT molecular complexity index is 801. The third-order valence-electron chi connectivity index (χ3n) is 5.04. The molecule has 4 rings (SSSR count). The molecule has 0 saturated carbocycles. The Morgan fingerprint density at radius 1 is 1.12 bits per heavy atom. The van der Waals surface area contributed by atoms with E-state index >= 15 is 0 Å². The molecule has 1 N–H and O–H groups in total. The predicted octanol–water partition coefficient (Wildman–Crippen LogP) is 3.70. The molecule has 2 aromatic heterocycles. The molecule has 1 fully saturated rings. The average molecular weight is 350 g/mol. The topological polar surface area (TPSA) is 46.2 Å². The first-order chi connectivity index (χ1) is 12.8. The van der Waals surface area contributed by atoms with E-state index in [1.807, 2.05) is 23.9 Å². The smallest absolute Gasteiger partial charge is 0.122 e. The highest BCUT2D eigenvalue weighted by Crippen LogP contribution is 2.26. The van der Waals surface area contributed by atoms with Crippen molar-refractivity contribution in [3.8, 4) is 5.69 Å². The molecule has 1 unspecified atom stereocenters. The molecule has 5 nitrogen and oxygen atoms in total. The van der Waals surface area contributed by atoms with Crippen molar-refractivity contribution in [1.29, 1.82) is 0 Å². The number of aryl methyl sites for hydroxylation is 1. The molecular weight excluding hydrogens is 324 g/mol. The molecule has 1 atom stereocenters. The van der Waals surface area contributed by atoms with Crippen LogP contribution in [-0.2, 0) is 6.54 Å². The fourth-order valence-corrected chi connectivity index (χ4v) is 3.64. The van der Waals surface area contributed by atoms with Crippen LogP contribution < -0.4 is 5.32 Å². The quantitative estimate of drug-likeness (QED) is 0.706. The lowest BCUT2D eigenvalue weighted by molar-refractivity contribution is 0.207. The molecule has 0 amide bonds. The first-order valence-corrected chi connectivity index (χ1v) is 9.40. The molecule has 3 aromatic rings. The Morgan fingerprint density at radius 2 is 1.92 bits per heavy atom. The van der Waals surface area contributed by atoms with Crippen molar-refractivity contribution in [3.05, 3.63) is 71.9 Å². The summed E-state index contributed by atoms with van der Waals surface area (Å²) >= 11 is 0. The molecule has 3 heterocycles. The zero-order valence-corrected chi connectivity index (χ0v) is 15.3. The Balaban J connectivity index is 1.37. The van der Waals surface area contributed by atoms with E-state index < -0.39 is 0 Å². The van der Waals surface area contributed by atoms with Crippen LogP contribution in [0.3, 0.4) is 0 Å². The fourth-order valence-electron chi connectivity index (χ4n) is 3.64. The van der Waals surface area contributed by atoms with Gasteiger partial charge in [0.25, 0.3) is 0 Å². The number of rotatable bonds is 7. The molecule has 0 aliphatic carbocycles. The Kier molecular flexibility index (Phi) is 5.18. The number of hydrogen-bond donors (Lipinski definition) is 1. The van der Waals surface area contributed by atoms with Gasteiger partial charge in [0.15, 0.2) is 0 Å². The second kappa shape index (κ2) is 7.89. The zero-order valence-electron chi connectivity index (χ0n) is 15.3. The van der Waals surface area contributed by atoms with E-state index in [1.165, 1.54) is 18.4 Å². The molecular formula is C21H26N4O. The summed E-state index contributed by atoms with van der Waals surface area (Å²) in [5.41, 5.74) is 2.36. The van der Waals surface area contributed by atoms with E-state index in [4.69, 9.17) is 4.42 Å². The van der Waals surface area contributed by atoms with Gasteiger partial charge in [-0.05, 0) is 68.8 Å². The van der Waals surface area contributed by atoms with Crippen LogP contribution in [0.15, 0.2) is 59.3 Å². The number of likely N-dealkylation sites (tertiary alicyclic amines) is 1. The van der Waals surface area contributed by atoms with E-state index in [9.17, 15) is 0 Å². The molecule has 0 bridgehead atoms. The lowest BCUT2D eigenvalue weighted by Crippen LogP contribution is -2.33. The molecule has 1 aliphatic heterocycles. The molecule has 0 radical (unpaired) electrons. The highest BCUT2D eigenvalue weighted by atomic mass is 16.3. The van der Waals surface area contributed by atoms with E-state index in [0.717, 1.165) is 43.4 Å². The Labute approximate surface area is 154 Å². The number of hydrogen-bond acceptors (Lipinski definition) is 4. The van der Waals surface area contributed by atoms with Crippen LogP contribution in [0.1, 0.15) is 36.0 Å². The minimum absolute atomic E-state index is 0.314. The fraction of sp³-hybridized carbons (Fsp3) is 0.381. The standard InChI is InChI=1S/C21H26N4O/c1-17-5-10-21(26-17)20(24-12-2-3-13-24)16-22-15-18-6-8-19(9-7-18)25-14-4-11-23-25/h4-11,14,20,22H,2-3,12-13,15-16H2,1H3. The van der Waals surface area contributed by atoms with Gasteiger partial charge in [0, 0.05) is 25.5 Å². The summed E-state index contributed by atoms with van der Waals surface area (Å²) in [4.78, 5) is 2.53. The van der Waals surface area contributed by atoms with Gasteiger partial charge in [0.2, 0.25) is 0 Å². The van der Waals surface area contributed by atoms with Gasteiger partial charge >= 0.3 is 0 Å². The van der Waals surface area contributed by atoms with Gasteiger partial charge in [-0.2, -0.15) is 5.10 Å². The maximum atomic E-state index is 5.93. The van der Waals surface area contributed by atoms with Crippen molar-refractivity contribution in [2.24, 2.45) is 0 Å². The molecule has 1 aliphatic rings. The summed E-state index contributed by atoms with van der Waals surface area (Å²) in [6, 6.07) is 15.0. The highest BCUT2D eigenvalue weighted by molar-refractivity contribution is 5.33. The summed E-state index contributed by atoms with van der Waals surface area (Å²) in [6.07, 6.45) is 6.32. The van der Waals surface area contributed by atoms with Crippen molar-refractivity contribution < 1.29 is 4.42 Å². The summed E-state index contributed by atoms with van der Waals surface area (Å²) < 4.78 is 7.80. The number of benzene rings is 1. The first-order valence-electron chi connectivity index (χ1n) is 9.40. The van der Waals surface area contributed by atoms with Crippen LogP contribution in [0.5, 0.6) is 0 Å². The van der Waals surface area contributed by atoms with Crippen LogP contribution >= 0.6 is 0 Å². The van der Waals surface area contributed by atoms with Gasteiger partial charge in [0.05, 0.1) is 11.7 Å². The van der Waals surface area contributed by atoms with Gasteiger partial charge in [-0.3, -0.25) is 4.90 Å². The average Bonchev–Trinajstić information content (AvgIpc) is 3.42. The Hall–Kier alpha value is -2.37. The van der Waals surface area contributed by atoms with E-state index in [2.05, 4.69) is 51.7 Å². The van der Waals surface area contributed by atoms with Crippen molar-refractivity contribution in [3.63, 3.8) is 0 Å². The van der Waals surface area contributed by atoms with Gasteiger partial charge in [0.1, 0.15) is 11.5 Å². The maximum Gasteiger partial charge on any atom is 0.122 e. The second-order valence-electron chi connectivity index (χ2n) is 6.96. The highest BCUT2D eigenvalue weighted by Gasteiger charge is 2.25. The lowest BCUT2D eigenvalue weighted by Gasteiger charge is -2.26. The number of nitrogens with one attached hydrogen (secondary N) is 1. The maximum absolute atomic E-state index is 5.93.